The number of thiophene rings is 1. The minimum Gasteiger partial charge on any atom is -0.309 e. The number of aryl methyl sites for hydroxylation is 2. The summed E-state index contributed by atoms with van der Waals surface area (Å²) in [6, 6.07) is 60.5. The Bertz CT molecular complexity index is 3130. The van der Waals surface area contributed by atoms with Gasteiger partial charge in [0.1, 0.15) is 0 Å². The van der Waals surface area contributed by atoms with E-state index in [2.05, 4.69) is 243 Å². The van der Waals surface area contributed by atoms with E-state index in [1.807, 2.05) is 36.4 Å². The number of para-hydroxylation sites is 1. The molecule has 2 heteroatoms. The van der Waals surface area contributed by atoms with Crippen LogP contribution < -0.4 is 14.7 Å². The summed E-state index contributed by atoms with van der Waals surface area (Å²) >= 11 is 1.71. The highest BCUT2D eigenvalue weighted by molar-refractivity contribution is 7.17. The second-order valence-electron chi connectivity index (χ2n) is 17.2. The SMILES string of the molecule is C/C=C\C(=C/CC)C(C)C.C=C/C(=c1\c(=C)sc2ccccc12)N(c1ccccc1)c1cc2c(c(C=C)c1C=C)-c1ccc(C)cc1C2(c1ccccc1)c1ccccc1.Cc1ccccc1. The smallest absolute Gasteiger partial charge is 0.0714 e. The van der Waals surface area contributed by atoms with Crippen molar-refractivity contribution in [3.05, 3.63) is 274 Å². The van der Waals surface area contributed by atoms with Crippen molar-refractivity contribution in [1.29, 1.82) is 0 Å². The highest BCUT2D eigenvalue weighted by Crippen LogP contribution is 2.59. The summed E-state index contributed by atoms with van der Waals surface area (Å²) < 4.78 is 2.20. The summed E-state index contributed by atoms with van der Waals surface area (Å²) in [5.74, 6) is 0.663. The molecule has 67 heavy (non-hydrogen) atoms. The zero-order valence-corrected chi connectivity index (χ0v) is 40.9. The normalized spacial score (nSPS) is 12.9. The van der Waals surface area contributed by atoms with Gasteiger partial charge in [-0.15, -0.1) is 11.3 Å². The van der Waals surface area contributed by atoms with Gasteiger partial charge < -0.3 is 4.90 Å². The van der Waals surface area contributed by atoms with Crippen LogP contribution in [-0.4, -0.2) is 0 Å². The number of rotatable bonds is 11. The molecule has 9 rings (SSSR count). The molecule has 8 aromatic rings. The maximum Gasteiger partial charge on any atom is 0.0714 e. The van der Waals surface area contributed by atoms with Gasteiger partial charge in [0.2, 0.25) is 0 Å². The summed E-state index contributed by atoms with van der Waals surface area (Å²) in [5.41, 5.74) is 15.8. The Labute approximate surface area is 404 Å². The van der Waals surface area contributed by atoms with Crippen LogP contribution >= 0.6 is 11.3 Å². The predicted octanol–water partition coefficient (Wildman–Crippen LogP) is 17.0. The van der Waals surface area contributed by atoms with Gasteiger partial charge in [0.15, 0.2) is 0 Å². The van der Waals surface area contributed by atoms with Crippen molar-refractivity contribution in [3.8, 4) is 11.1 Å². The molecular weight excluding hydrogens is 827 g/mol. The Morgan fingerprint density at radius 1 is 0.657 bits per heavy atom. The van der Waals surface area contributed by atoms with Crippen molar-refractivity contribution in [2.75, 3.05) is 4.90 Å². The molecule has 1 aromatic heterocycles. The molecule has 0 bridgehead atoms. The van der Waals surface area contributed by atoms with Crippen molar-refractivity contribution in [2.45, 2.75) is 53.4 Å². The third kappa shape index (κ3) is 9.55. The Morgan fingerprint density at radius 2 is 1.22 bits per heavy atom. The van der Waals surface area contributed by atoms with Gasteiger partial charge in [0.05, 0.1) is 16.8 Å². The number of nitrogens with zero attached hydrogens (tertiary/aromatic N) is 1. The third-order valence-corrected chi connectivity index (χ3v) is 13.5. The molecule has 0 aliphatic heterocycles. The van der Waals surface area contributed by atoms with Crippen molar-refractivity contribution < 1.29 is 0 Å². The van der Waals surface area contributed by atoms with Gasteiger partial charge in [-0.3, -0.25) is 0 Å². The van der Waals surface area contributed by atoms with E-state index in [1.165, 1.54) is 54.8 Å². The molecule has 1 aliphatic carbocycles. The summed E-state index contributed by atoms with van der Waals surface area (Å²) in [6.45, 7) is 30.8. The van der Waals surface area contributed by atoms with Crippen molar-refractivity contribution in [2.24, 2.45) is 5.92 Å². The quantitative estimate of drug-likeness (QED) is 0.117. The highest BCUT2D eigenvalue weighted by atomic mass is 32.1. The van der Waals surface area contributed by atoms with E-state index in [-0.39, 0.29) is 0 Å². The molecular formula is C65H63NS. The summed E-state index contributed by atoms with van der Waals surface area (Å²) in [7, 11) is 0. The van der Waals surface area contributed by atoms with Crippen LogP contribution in [0.3, 0.4) is 0 Å². The molecule has 0 radical (unpaired) electrons. The number of fused-ring (bicyclic) bond motifs is 4. The van der Waals surface area contributed by atoms with E-state index in [0.717, 1.165) is 49.8 Å². The van der Waals surface area contributed by atoms with Gasteiger partial charge in [-0.2, -0.15) is 0 Å². The van der Waals surface area contributed by atoms with Crippen LogP contribution in [0.1, 0.15) is 78.6 Å². The number of anilines is 2. The monoisotopic (exact) mass is 889 g/mol. The number of hydrogen-bond donors (Lipinski definition) is 0. The standard InChI is InChI=1S/C48H37NS.C10H18.C7H8/c1-6-37-38(7-2)47-39-29-28-32(4)30-41(39)48(34-20-12-9-13-21-34,35-22-14-10-15-23-35)42(47)31-44(37)49(36-24-16-11-17-25-36)43(8-3)46-33(5)50-45-27-19-18-26-40(45)46;1-5-7-10(8-6-2)9(3)4;1-7-5-3-2-4-6-7/h6-31H,1-3,5H2,4H3;5,7-9H,6H2,1-4H3;2-6H,1H3/b46-43-;7-5-,10-8+;. The van der Waals surface area contributed by atoms with Crippen LogP contribution in [-0.2, 0) is 5.41 Å². The lowest BCUT2D eigenvalue weighted by molar-refractivity contribution is 0.767. The van der Waals surface area contributed by atoms with E-state index >= 15 is 0 Å². The minimum absolute atomic E-state index is 0.589. The molecule has 0 atom stereocenters. The van der Waals surface area contributed by atoms with Gasteiger partial charge in [0, 0.05) is 31.1 Å². The third-order valence-electron chi connectivity index (χ3n) is 12.5. The minimum atomic E-state index is -0.589. The van der Waals surface area contributed by atoms with Gasteiger partial charge in [-0.25, -0.2) is 0 Å². The molecule has 0 amide bonds. The lowest BCUT2D eigenvalue weighted by Gasteiger charge is -2.36. The average molecular weight is 890 g/mol. The molecule has 0 saturated carbocycles. The molecule has 1 aliphatic rings. The maximum absolute atomic E-state index is 4.56. The number of benzene rings is 7. The van der Waals surface area contributed by atoms with Crippen molar-refractivity contribution >= 4 is 57.2 Å². The van der Waals surface area contributed by atoms with Gasteiger partial charge in [0.25, 0.3) is 0 Å². The molecule has 0 spiro atoms. The molecule has 0 fully saturated rings. The van der Waals surface area contributed by atoms with Crippen LogP contribution in [0.25, 0.3) is 45.6 Å². The first-order valence-corrected chi connectivity index (χ1v) is 24.2. The van der Waals surface area contributed by atoms with E-state index in [9.17, 15) is 0 Å². The van der Waals surface area contributed by atoms with Crippen LogP contribution in [0.15, 0.2) is 219 Å². The summed E-state index contributed by atoms with van der Waals surface area (Å²) in [6.07, 6.45) is 13.7. The molecule has 1 nitrogen and oxygen atoms in total. The number of allylic oxidation sites excluding steroid dienone is 4. The molecule has 334 valence electrons. The maximum atomic E-state index is 4.56. The molecule has 0 saturated heterocycles. The largest absolute Gasteiger partial charge is 0.309 e. The lowest BCUT2D eigenvalue weighted by atomic mass is 9.67. The van der Waals surface area contributed by atoms with Gasteiger partial charge in [-0.1, -0.05) is 234 Å². The fourth-order valence-corrected chi connectivity index (χ4v) is 10.5. The zero-order valence-electron chi connectivity index (χ0n) is 40.1. The van der Waals surface area contributed by atoms with Gasteiger partial charge >= 0.3 is 0 Å². The lowest BCUT2D eigenvalue weighted by Crippen LogP contribution is -2.31. The molecule has 0 unspecified atom stereocenters. The first-order valence-electron chi connectivity index (χ1n) is 23.4. The van der Waals surface area contributed by atoms with E-state index < -0.39 is 5.41 Å². The Hall–Kier alpha value is -7.26. The van der Waals surface area contributed by atoms with Crippen molar-refractivity contribution in [3.63, 3.8) is 0 Å². The second-order valence-corrected chi connectivity index (χ2v) is 18.3. The van der Waals surface area contributed by atoms with E-state index in [0.29, 0.717) is 5.92 Å². The Kier molecular flexibility index (Phi) is 15.5. The fourth-order valence-electron chi connectivity index (χ4n) is 9.52. The zero-order chi connectivity index (χ0) is 47.5. The van der Waals surface area contributed by atoms with E-state index in [4.69, 9.17) is 0 Å². The average Bonchev–Trinajstić information content (AvgIpc) is 3.84. The first-order chi connectivity index (χ1) is 32.6. The predicted molar refractivity (Wildman–Crippen MR) is 297 cm³/mol. The van der Waals surface area contributed by atoms with Crippen LogP contribution in [0.4, 0.5) is 11.4 Å². The number of hydrogen-bond acceptors (Lipinski definition) is 2. The van der Waals surface area contributed by atoms with Crippen LogP contribution in [0, 0.1) is 19.8 Å². The Balaban J connectivity index is 0.000000331. The first kappa shape index (κ1) is 47.7. The molecule has 0 N–H and O–H groups in total. The fraction of sp³-hybridized carbons (Fsp3) is 0.138. The molecule has 7 aromatic carbocycles. The van der Waals surface area contributed by atoms with Crippen molar-refractivity contribution in [1.82, 2.24) is 0 Å². The van der Waals surface area contributed by atoms with E-state index in [1.54, 1.807) is 11.3 Å². The topological polar surface area (TPSA) is 3.24 Å². The summed E-state index contributed by atoms with van der Waals surface area (Å²) in [4.78, 5) is 2.34. The Morgan fingerprint density at radius 3 is 1.75 bits per heavy atom. The molecule has 1 heterocycles. The van der Waals surface area contributed by atoms with Crippen LogP contribution in [0.2, 0.25) is 0 Å². The summed E-state index contributed by atoms with van der Waals surface area (Å²) in [5, 5.41) is 2.24. The van der Waals surface area contributed by atoms with Crippen LogP contribution in [0.5, 0.6) is 0 Å². The highest BCUT2D eigenvalue weighted by Gasteiger charge is 2.48. The van der Waals surface area contributed by atoms with Gasteiger partial charge in [-0.05, 0) is 108 Å². The second kappa shape index (κ2) is 21.8.